The van der Waals surface area contributed by atoms with Gasteiger partial charge < -0.3 is 14.6 Å². The lowest BCUT2D eigenvalue weighted by atomic mass is 10.2. The van der Waals surface area contributed by atoms with Crippen molar-refractivity contribution in [2.24, 2.45) is 0 Å². The van der Waals surface area contributed by atoms with E-state index in [1.807, 2.05) is 20.9 Å². The van der Waals surface area contributed by atoms with Gasteiger partial charge in [-0.3, -0.25) is 0 Å². The zero-order valence-corrected chi connectivity index (χ0v) is 13.7. The first kappa shape index (κ1) is 16.5. The van der Waals surface area contributed by atoms with Crippen LogP contribution in [0.4, 0.5) is 0 Å². The van der Waals surface area contributed by atoms with Crippen LogP contribution in [0.5, 0.6) is 0 Å². The van der Waals surface area contributed by atoms with Gasteiger partial charge in [0, 0.05) is 30.5 Å². The van der Waals surface area contributed by atoms with E-state index in [0.29, 0.717) is 12.2 Å². The van der Waals surface area contributed by atoms with Gasteiger partial charge in [-0.1, -0.05) is 0 Å². The minimum Gasteiger partial charge on any atom is -0.390 e. The van der Waals surface area contributed by atoms with E-state index < -0.39 is 10.0 Å². The Hall–Kier alpha value is -0.890. The molecule has 7 heteroatoms. The molecule has 1 aromatic heterocycles. The fourth-order valence-corrected chi connectivity index (χ4v) is 3.90. The van der Waals surface area contributed by atoms with Gasteiger partial charge in [-0.25, -0.2) is 13.1 Å². The van der Waals surface area contributed by atoms with E-state index in [9.17, 15) is 13.5 Å². The Morgan fingerprint density at radius 3 is 2.67 bits per heavy atom. The molecule has 1 aromatic rings. The zero-order chi connectivity index (χ0) is 15.6. The number of likely N-dealkylation sites (tertiary alicyclic amines) is 1. The van der Waals surface area contributed by atoms with Crippen molar-refractivity contribution in [2.45, 2.75) is 50.3 Å². The smallest absolute Gasteiger partial charge is 0.242 e. The van der Waals surface area contributed by atoms with E-state index in [4.69, 9.17) is 0 Å². The van der Waals surface area contributed by atoms with Crippen LogP contribution in [-0.2, 0) is 16.6 Å². The molecule has 0 bridgehead atoms. The molecule has 1 saturated heterocycles. The Kier molecular flexibility index (Phi) is 5.08. The number of aliphatic hydroxyl groups is 1. The number of likely N-dealkylation sites (N-methyl/N-ethyl adjacent to an activating group) is 1. The third-order valence-corrected chi connectivity index (χ3v) is 5.51. The molecule has 0 aromatic carbocycles. The molecule has 120 valence electrons. The predicted molar refractivity (Wildman–Crippen MR) is 81.6 cm³/mol. The second kappa shape index (κ2) is 6.48. The molecule has 1 aliphatic heterocycles. The molecule has 0 saturated carbocycles. The highest BCUT2D eigenvalue weighted by atomic mass is 32.2. The van der Waals surface area contributed by atoms with Crippen LogP contribution in [0.3, 0.4) is 0 Å². The van der Waals surface area contributed by atoms with Gasteiger partial charge in [-0.05, 0) is 46.3 Å². The van der Waals surface area contributed by atoms with Crippen molar-refractivity contribution in [1.82, 2.24) is 14.2 Å². The average molecular weight is 315 g/mol. The molecular formula is C14H25N3O3S. The number of hydrogen-bond acceptors (Lipinski definition) is 4. The van der Waals surface area contributed by atoms with Gasteiger partial charge in [0.15, 0.2) is 0 Å². The van der Waals surface area contributed by atoms with Crippen LogP contribution < -0.4 is 4.72 Å². The largest absolute Gasteiger partial charge is 0.390 e. The summed E-state index contributed by atoms with van der Waals surface area (Å²) in [5.74, 6) is 0. The lowest BCUT2D eigenvalue weighted by molar-refractivity contribution is 0.268. The first-order valence-corrected chi connectivity index (χ1v) is 8.85. The third kappa shape index (κ3) is 3.66. The summed E-state index contributed by atoms with van der Waals surface area (Å²) in [5, 5.41) is 9.34. The van der Waals surface area contributed by atoms with Crippen molar-refractivity contribution in [3.05, 3.63) is 18.0 Å². The molecule has 0 radical (unpaired) electrons. The summed E-state index contributed by atoms with van der Waals surface area (Å²) in [6.45, 7) is 5.19. The van der Waals surface area contributed by atoms with E-state index >= 15 is 0 Å². The summed E-state index contributed by atoms with van der Waals surface area (Å²) < 4.78 is 29.2. The number of nitrogens with zero attached hydrogens (tertiary/aromatic N) is 2. The van der Waals surface area contributed by atoms with E-state index in [0.717, 1.165) is 19.4 Å². The Bertz CT molecular complexity index is 580. The SMILES string of the molecule is CC(C)n1cc(S(=O)(=O)NCC2CCCN2C)cc1CO. The van der Waals surface area contributed by atoms with Crippen LogP contribution in [0.2, 0.25) is 0 Å². The van der Waals surface area contributed by atoms with Gasteiger partial charge in [0.1, 0.15) is 0 Å². The van der Waals surface area contributed by atoms with Gasteiger partial charge >= 0.3 is 0 Å². The Morgan fingerprint density at radius 1 is 1.48 bits per heavy atom. The van der Waals surface area contributed by atoms with Crippen LogP contribution in [-0.4, -0.2) is 49.2 Å². The minimum atomic E-state index is -3.53. The maximum absolute atomic E-state index is 12.4. The van der Waals surface area contributed by atoms with Crippen molar-refractivity contribution in [3.8, 4) is 0 Å². The second-order valence-corrected chi connectivity index (χ2v) is 7.72. The summed E-state index contributed by atoms with van der Waals surface area (Å²) in [7, 11) is -1.51. The van der Waals surface area contributed by atoms with E-state index in [1.54, 1.807) is 16.8 Å². The maximum atomic E-state index is 12.4. The number of aliphatic hydroxyl groups excluding tert-OH is 1. The first-order chi connectivity index (χ1) is 9.85. The van der Waals surface area contributed by atoms with Crippen molar-refractivity contribution in [3.63, 3.8) is 0 Å². The molecule has 21 heavy (non-hydrogen) atoms. The molecule has 2 rings (SSSR count). The highest BCUT2D eigenvalue weighted by Crippen LogP contribution is 2.20. The molecular weight excluding hydrogens is 290 g/mol. The molecule has 1 unspecified atom stereocenters. The standard InChI is InChI=1S/C14H25N3O3S/c1-11(2)17-9-14(7-13(17)10-18)21(19,20)15-8-12-5-4-6-16(12)3/h7,9,11-12,15,18H,4-6,8,10H2,1-3H3. The molecule has 0 amide bonds. The summed E-state index contributed by atoms with van der Waals surface area (Å²) >= 11 is 0. The molecule has 6 nitrogen and oxygen atoms in total. The van der Waals surface area contributed by atoms with Crippen molar-refractivity contribution in [2.75, 3.05) is 20.1 Å². The van der Waals surface area contributed by atoms with E-state index in [2.05, 4.69) is 9.62 Å². The van der Waals surface area contributed by atoms with Gasteiger partial charge in [-0.15, -0.1) is 0 Å². The average Bonchev–Trinajstić information content (AvgIpc) is 3.02. The highest BCUT2D eigenvalue weighted by Gasteiger charge is 2.24. The lowest BCUT2D eigenvalue weighted by Crippen LogP contribution is -2.38. The zero-order valence-electron chi connectivity index (χ0n) is 12.9. The molecule has 2 heterocycles. The van der Waals surface area contributed by atoms with Crippen LogP contribution in [0, 0.1) is 0 Å². The molecule has 0 spiro atoms. The molecule has 1 aliphatic rings. The first-order valence-electron chi connectivity index (χ1n) is 7.36. The maximum Gasteiger partial charge on any atom is 0.242 e. The molecule has 2 N–H and O–H groups in total. The summed E-state index contributed by atoms with van der Waals surface area (Å²) in [6.07, 6.45) is 3.73. The highest BCUT2D eigenvalue weighted by molar-refractivity contribution is 7.89. The lowest BCUT2D eigenvalue weighted by Gasteiger charge is -2.19. The quantitative estimate of drug-likeness (QED) is 0.819. The number of aromatic nitrogens is 1. The molecule has 1 atom stereocenters. The van der Waals surface area contributed by atoms with E-state index in [-0.39, 0.29) is 23.6 Å². The van der Waals surface area contributed by atoms with Gasteiger partial charge in [0.25, 0.3) is 0 Å². The number of sulfonamides is 1. The van der Waals surface area contributed by atoms with Gasteiger partial charge in [0.2, 0.25) is 10.0 Å². The third-order valence-electron chi connectivity index (χ3n) is 4.12. The summed E-state index contributed by atoms with van der Waals surface area (Å²) in [5.41, 5.74) is 0.614. The Labute approximate surface area is 126 Å². The number of rotatable bonds is 6. The van der Waals surface area contributed by atoms with Gasteiger partial charge in [-0.2, -0.15) is 0 Å². The predicted octanol–water partition coefficient (Wildman–Crippen LogP) is 0.934. The van der Waals surface area contributed by atoms with Crippen LogP contribution in [0.1, 0.15) is 38.4 Å². The van der Waals surface area contributed by atoms with E-state index in [1.165, 1.54) is 0 Å². The molecule has 0 aliphatic carbocycles. The minimum absolute atomic E-state index is 0.108. The Morgan fingerprint density at radius 2 is 2.19 bits per heavy atom. The normalized spacial score (nSPS) is 20.5. The number of hydrogen-bond donors (Lipinski definition) is 2. The second-order valence-electron chi connectivity index (χ2n) is 5.95. The van der Waals surface area contributed by atoms with Crippen molar-refractivity contribution < 1.29 is 13.5 Å². The van der Waals surface area contributed by atoms with Crippen LogP contribution in [0.25, 0.3) is 0 Å². The topological polar surface area (TPSA) is 74.6 Å². The Balaban J connectivity index is 2.12. The monoisotopic (exact) mass is 315 g/mol. The van der Waals surface area contributed by atoms with Crippen LogP contribution >= 0.6 is 0 Å². The number of nitrogens with one attached hydrogen (secondary N) is 1. The summed E-state index contributed by atoms with van der Waals surface area (Å²) in [4.78, 5) is 2.40. The molecule has 1 fully saturated rings. The van der Waals surface area contributed by atoms with Crippen molar-refractivity contribution >= 4 is 10.0 Å². The van der Waals surface area contributed by atoms with Crippen LogP contribution in [0.15, 0.2) is 17.2 Å². The summed E-state index contributed by atoms with van der Waals surface area (Å²) in [6, 6.07) is 1.92. The fraction of sp³-hybridized carbons (Fsp3) is 0.714. The van der Waals surface area contributed by atoms with Gasteiger partial charge in [0.05, 0.1) is 11.5 Å². The fourth-order valence-electron chi connectivity index (χ4n) is 2.78. The van der Waals surface area contributed by atoms with Crippen molar-refractivity contribution in [1.29, 1.82) is 0 Å².